The zero-order valence-corrected chi connectivity index (χ0v) is 27.3. The number of hydrogen-bond acceptors (Lipinski definition) is 3. The molecule has 0 fully saturated rings. The van der Waals surface area contributed by atoms with Crippen molar-refractivity contribution in [1.29, 1.82) is 0 Å². The maximum Gasteiger partial charge on any atom is 0.305 e. The first-order chi connectivity index (χ1) is 19.1. The van der Waals surface area contributed by atoms with Crippen molar-refractivity contribution in [3.8, 4) is 0 Å². The molecule has 0 aromatic heterocycles. The molecular formula is C36H71NO2. The molecule has 0 amide bonds. The summed E-state index contributed by atoms with van der Waals surface area (Å²) in [6.07, 6.45) is 39.6. The van der Waals surface area contributed by atoms with Gasteiger partial charge in [-0.05, 0) is 72.0 Å². The zero-order valence-electron chi connectivity index (χ0n) is 27.3. The third kappa shape index (κ3) is 31.6. The van der Waals surface area contributed by atoms with Crippen LogP contribution in [-0.2, 0) is 9.53 Å². The molecule has 3 heteroatoms. The topological polar surface area (TPSA) is 29.5 Å². The number of rotatable bonds is 31. The molecular weight excluding hydrogens is 478 g/mol. The molecule has 1 atom stereocenters. The molecule has 0 aromatic carbocycles. The lowest BCUT2D eigenvalue weighted by molar-refractivity contribution is -0.143. The largest absolute Gasteiger partial charge is 0.466 e. The van der Waals surface area contributed by atoms with Gasteiger partial charge in [0.2, 0.25) is 0 Å². The number of ether oxygens (including phenoxy) is 1. The lowest BCUT2D eigenvalue weighted by Crippen LogP contribution is -2.17. The Bertz CT molecular complexity index is 516. The van der Waals surface area contributed by atoms with Gasteiger partial charge < -0.3 is 9.64 Å². The smallest absolute Gasteiger partial charge is 0.305 e. The molecule has 3 nitrogen and oxygen atoms in total. The van der Waals surface area contributed by atoms with E-state index in [0.717, 1.165) is 18.8 Å². The Hall–Kier alpha value is -0.830. The fourth-order valence-corrected chi connectivity index (χ4v) is 5.55. The highest BCUT2D eigenvalue weighted by atomic mass is 16.5. The first-order valence-corrected chi connectivity index (χ1v) is 17.5. The maximum absolute atomic E-state index is 11.3. The first kappa shape index (κ1) is 38.2. The monoisotopic (exact) mass is 550 g/mol. The van der Waals surface area contributed by atoms with Crippen molar-refractivity contribution in [1.82, 2.24) is 4.90 Å². The lowest BCUT2D eigenvalue weighted by Gasteiger charge is -2.19. The molecule has 0 aliphatic rings. The van der Waals surface area contributed by atoms with E-state index in [-0.39, 0.29) is 5.97 Å². The molecule has 0 aromatic rings. The predicted octanol–water partition coefficient (Wildman–Crippen LogP) is 11.4. The van der Waals surface area contributed by atoms with Crippen LogP contribution < -0.4 is 0 Å². The maximum atomic E-state index is 11.3. The second-order valence-corrected chi connectivity index (χ2v) is 12.4. The highest BCUT2D eigenvalue weighted by Crippen LogP contribution is 2.22. The van der Waals surface area contributed by atoms with Gasteiger partial charge in [-0.15, -0.1) is 0 Å². The van der Waals surface area contributed by atoms with Crippen LogP contribution in [0.4, 0.5) is 0 Å². The lowest BCUT2D eigenvalue weighted by atomic mass is 9.91. The minimum Gasteiger partial charge on any atom is -0.466 e. The van der Waals surface area contributed by atoms with Crippen LogP contribution in [0.2, 0.25) is 0 Å². The Balaban J connectivity index is 3.52. The number of nitrogens with zero attached hydrogens (tertiary/aromatic N) is 1. The summed E-state index contributed by atoms with van der Waals surface area (Å²) < 4.78 is 4.97. The van der Waals surface area contributed by atoms with Crippen molar-refractivity contribution in [2.24, 2.45) is 5.92 Å². The van der Waals surface area contributed by atoms with Crippen molar-refractivity contribution < 1.29 is 9.53 Å². The Kier molecular flexibility index (Phi) is 31.0. The van der Waals surface area contributed by atoms with Crippen molar-refractivity contribution in [2.45, 2.75) is 181 Å². The summed E-state index contributed by atoms with van der Waals surface area (Å²) in [6, 6.07) is 0. The van der Waals surface area contributed by atoms with E-state index < -0.39 is 0 Å². The Morgan fingerprint density at radius 1 is 0.590 bits per heavy atom. The molecule has 1 unspecified atom stereocenters. The number of carbonyl (C=O) groups is 1. The van der Waals surface area contributed by atoms with E-state index >= 15 is 0 Å². The molecule has 39 heavy (non-hydrogen) atoms. The van der Waals surface area contributed by atoms with Crippen LogP contribution in [0.5, 0.6) is 0 Å². The summed E-state index contributed by atoms with van der Waals surface area (Å²) in [6.45, 7) is 5.94. The third-order valence-corrected chi connectivity index (χ3v) is 8.16. The minimum absolute atomic E-state index is 0.0376. The minimum atomic E-state index is -0.0376. The van der Waals surface area contributed by atoms with Gasteiger partial charge in [0.25, 0.3) is 0 Å². The average molecular weight is 550 g/mol. The molecule has 0 bridgehead atoms. The molecule has 0 spiro atoms. The second-order valence-electron chi connectivity index (χ2n) is 12.4. The van der Waals surface area contributed by atoms with Gasteiger partial charge in [0.05, 0.1) is 6.61 Å². The third-order valence-electron chi connectivity index (χ3n) is 8.16. The summed E-state index contributed by atoms with van der Waals surface area (Å²) in [5.41, 5.74) is 0. The van der Waals surface area contributed by atoms with Crippen molar-refractivity contribution in [2.75, 3.05) is 27.2 Å². The van der Waals surface area contributed by atoms with E-state index in [4.69, 9.17) is 4.74 Å². The van der Waals surface area contributed by atoms with Gasteiger partial charge in [0, 0.05) is 6.42 Å². The molecule has 0 saturated heterocycles. The number of esters is 1. The van der Waals surface area contributed by atoms with E-state index in [1.165, 1.54) is 154 Å². The molecule has 0 aliphatic heterocycles. The highest BCUT2D eigenvalue weighted by Gasteiger charge is 2.09. The number of allylic oxidation sites excluding steroid dienone is 2. The summed E-state index contributed by atoms with van der Waals surface area (Å²) in [4.78, 5) is 13.7. The molecule has 0 aliphatic carbocycles. The van der Waals surface area contributed by atoms with Gasteiger partial charge in [0.15, 0.2) is 0 Å². The van der Waals surface area contributed by atoms with E-state index in [0.29, 0.717) is 13.0 Å². The summed E-state index contributed by atoms with van der Waals surface area (Å²) in [5, 5.41) is 0. The zero-order chi connectivity index (χ0) is 28.7. The van der Waals surface area contributed by atoms with Gasteiger partial charge in [-0.1, -0.05) is 141 Å². The Morgan fingerprint density at radius 2 is 1.03 bits per heavy atom. The fourth-order valence-electron chi connectivity index (χ4n) is 5.55. The molecule has 232 valence electrons. The first-order valence-electron chi connectivity index (χ1n) is 17.5. The van der Waals surface area contributed by atoms with Crippen LogP contribution in [0.15, 0.2) is 12.2 Å². The van der Waals surface area contributed by atoms with Gasteiger partial charge in [0.1, 0.15) is 0 Å². The van der Waals surface area contributed by atoms with Gasteiger partial charge in [-0.25, -0.2) is 0 Å². The van der Waals surface area contributed by atoms with E-state index in [2.05, 4.69) is 38.1 Å². The van der Waals surface area contributed by atoms with Gasteiger partial charge >= 0.3 is 5.97 Å². The van der Waals surface area contributed by atoms with Crippen LogP contribution in [-0.4, -0.2) is 38.1 Å². The SMILES string of the molecule is CCCCCCCCCC(CCCCCCCCCC/C=C\CCCCCCCC(=O)OCC)CCN(C)C. The molecule has 0 heterocycles. The van der Waals surface area contributed by atoms with Crippen molar-refractivity contribution in [3.63, 3.8) is 0 Å². The van der Waals surface area contributed by atoms with Crippen LogP contribution in [0.3, 0.4) is 0 Å². The van der Waals surface area contributed by atoms with Crippen LogP contribution in [0.25, 0.3) is 0 Å². The number of unbranched alkanes of at least 4 members (excludes halogenated alkanes) is 19. The van der Waals surface area contributed by atoms with Crippen molar-refractivity contribution in [3.05, 3.63) is 12.2 Å². The van der Waals surface area contributed by atoms with Gasteiger partial charge in [-0.3, -0.25) is 4.79 Å². The second kappa shape index (κ2) is 31.7. The average Bonchev–Trinajstić information content (AvgIpc) is 2.92. The standard InChI is InChI=1S/C36H71NO2/c1-5-7-8-9-21-24-27-30-35(33-34-37(3)4)31-28-25-22-19-17-15-13-11-10-12-14-16-18-20-23-26-29-32-36(38)39-6-2/h12,14,35H,5-11,13,15-34H2,1-4H3/b14-12-. The molecule has 0 saturated carbocycles. The summed E-state index contributed by atoms with van der Waals surface area (Å²) in [5.74, 6) is 0.920. The molecule has 0 rings (SSSR count). The molecule has 0 radical (unpaired) electrons. The Morgan fingerprint density at radius 3 is 1.49 bits per heavy atom. The van der Waals surface area contributed by atoms with Crippen LogP contribution in [0, 0.1) is 5.92 Å². The highest BCUT2D eigenvalue weighted by molar-refractivity contribution is 5.69. The summed E-state index contributed by atoms with van der Waals surface area (Å²) in [7, 11) is 4.45. The molecule has 0 N–H and O–H groups in total. The Labute approximate surface area is 246 Å². The summed E-state index contributed by atoms with van der Waals surface area (Å²) >= 11 is 0. The number of carbonyl (C=O) groups excluding carboxylic acids is 1. The normalized spacial score (nSPS) is 12.5. The predicted molar refractivity (Wildman–Crippen MR) is 174 cm³/mol. The fraction of sp³-hybridized carbons (Fsp3) is 0.917. The quantitative estimate of drug-likeness (QED) is 0.0489. The van der Waals surface area contributed by atoms with E-state index in [1.807, 2.05) is 6.92 Å². The van der Waals surface area contributed by atoms with Crippen molar-refractivity contribution >= 4 is 5.97 Å². The van der Waals surface area contributed by atoms with Gasteiger partial charge in [-0.2, -0.15) is 0 Å². The van der Waals surface area contributed by atoms with E-state index in [9.17, 15) is 4.79 Å². The van der Waals surface area contributed by atoms with E-state index in [1.54, 1.807) is 0 Å². The van der Waals surface area contributed by atoms with Crippen LogP contribution in [0.1, 0.15) is 181 Å². The number of hydrogen-bond donors (Lipinski definition) is 0. The van der Waals surface area contributed by atoms with Crippen LogP contribution >= 0.6 is 0 Å².